The molecule has 4 heteroatoms. The first-order valence-corrected chi connectivity index (χ1v) is 5.37. The number of hydrogen-bond acceptors (Lipinski definition) is 4. The summed E-state index contributed by atoms with van der Waals surface area (Å²) in [5, 5.41) is 0. The Balaban J connectivity index is 3.21. The number of rotatable bonds is 9. The number of unbranched alkanes of at least 4 members (excludes halogenated alkanes) is 3. The lowest BCUT2D eigenvalue weighted by molar-refractivity contribution is -0.140. The molecule has 0 aromatic rings. The molecule has 0 fully saturated rings. The van der Waals surface area contributed by atoms with Crippen molar-refractivity contribution in [3.63, 3.8) is 0 Å². The zero-order chi connectivity index (χ0) is 11.5. The van der Waals surface area contributed by atoms with E-state index in [1.54, 1.807) is 14.2 Å². The molecule has 15 heavy (non-hydrogen) atoms. The highest BCUT2D eigenvalue weighted by molar-refractivity contribution is 5.68. The molecule has 0 aliphatic rings. The first kappa shape index (κ1) is 14.4. The third kappa shape index (κ3) is 8.39. The van der Waals surface area contributed by atoms with Crippen LogP contribution in [0.25, 0.3) is 0 Å². The lowest BCUT2D eigenvalue weighted by Crippen LogP contribution is -2.12. The Morgan fingerprint density at radius 1 is 1.00 bits per heavy atom. The van der Waals surface area contributed by atoms with Crippen molar-refractivity contribution in [2.45, 2.75) is 44.8 Å². The maximum Gasteiger partial charge on any atom is 0.305 e. The van der Waals surface area contributed by atoms with E-state index in [0.29, 0.717) is 6.42 Å². The van der Waals surface area contributed by atoms with Crippen LogP contribution in [0.5, 0.6) is 0 Å². The molecule has 0 aromatic heterocycles. The number of esters is 1. The minimum absolute atomic E-state index is 0.0920. The zero-order valence-corrected chi connectivity index (χ0v) is 9.95. The summed E-state index contributed by atoms with van der Waals surface area (Å²) in [4.78, 5) is 10.8. The van der Waals surface area contributed by atoms with E-state index in [2.05, 4.69) is 4.74 Å². The number of methoxy groups -OCH3 is 3. The molecule has 0 radical (unpaired) electrons. The number of hydrogen-bond donors (Lipinski definition) is 0. The van der Waals surface area contributed by atoms with Crippen molar-refractivity contribution in [3.05, 3.63) is 0 Å². The fourth-order valence-corrected chi connectivity index (χ4v) is 1.37. The van der Waals surface area contributed by atoms with Gasteiger partial charge in [-0.05, 0) is 19.3 Å². The molecule has 0 heterocycles. The molecule has 0 N–H and O–H groups in total. The normalized spacial score (nSPS) is 10.7. The summed E-state index contributed by atoms with van der Waals surface area (Å²) in [6.45, 7) is 0. The van der Waals surface area contributed by atoms with E-state index in [-0.39, 0.29) is 12.3 Å². The summed E-state index contributed by atoms with van der Waals surface area (Å²) in [6.07, 6.45) is 5.45. The topological polar surface area (TPSA) is 44.8 Å². The van der Waals surface area contributed by atoms with Gasteiger partial charge in [-0.3, -0.25) is 4.79 Å². The first-order chi connectivity index (χ1) is 7.24. The lowest BCUT2D eigenvalue weighted by Gasteiger charge is -2.12. The standard InChI is InChI=1S/C11H22O4/c1-13-10(12)8-6-4-5-7-9-11(14-2)15-3/h11H,4-9H2,1-3H3. The van der Waals surface area contributed by atoms with Crippen LogP contribution in [0.2, 0.25) is 0 Å². The fourth-order valence-electron chi connectivity index (χ4n) is 1.37. The van der Waals surface area contributed by atoms with Crippen LogP contribution < -0.4 is 0 Å². The second kappa shape index (κ2) is 9.93. The van der Waals surface area contributed by atoms with Crippen LogP contribution in [0.4, 0.5) is 0 Å². The van der Waals surface area contributed by atoms with Gasteiger partial charge in [0.25, 0.3) is 0 Å². The molecule has 0 amide bonds. The SMILES string of the molecule is COC(=O)CCCCCCC(OC)OC. The van der Waals surface area contributed by atoms with Gasteiger partial charge in [-0.2, -0.15) is 0 Å². The molecule has 0 aliphatic carbocycles. The maximum absolute atomic E-state index is 10.8. The molecule has 4 nitrogen and oxygen atoms in total. The van der Waals surface area contributed by atoms with E-state index in [9.17, 15) is 4.79 Å². The van der Waals surface area contributed by atoms with Gasteiger partial charge >= 0.3 is 5.97 Å². The van der Waals surface area contributed by atoms with Crippen LogP contribution in [0, 0.1) is 0 Å². The molecule has 0 unspecified atom stereocenters. The molecule has 0 rings (SSSR count). The summed E-state index contributed by atoms with van der Waals surface area (Å²) >= 11 is 0. The molecule has 0 aliphatic heterocycles. The van der Waals surface area contributed by atoms with Crippen molar-refractivity contribution < 1.29 is 19.0 Å². The third-order valence-electron chi connectivity index (χ3n) is 2.32. The van der Waals surface area contributed by atoms with Gasteiger partial charge in [0.15, 0.2) is 6.29 Å². The Bertz CT molecular complexity index is 155. The molecule has 0 atom stereocenters. The van der Waals surface area contributed by atoms with E-state index in [1.165, 1.54) is 7.11 Å². The molecular weight excluding hydrogens is 196 g/mol. The molecule has 0 saturated heterocycles. The van der Waals surface area contributed by atoms with E-state index >= 15 is 0 Å². The monoisotopic (exact) mass is 218 g/mol. The second-order valence-electron chi connectivity index (χ2n) is 3.43. The molecular formula is C11H22O4. The first-order valence-electron chi connectivity index (χ1n) is 5.37. The number of ether oxygens (including phenoxy) is 3. The predicted molar refractivity (Wildman–Crippen MR) is 57.5 cm³/mol. The van der Waals surface area contributed by atoms with Crippen LogP contribution in [0.15, 0.2) is 0 Å². The van der Waals surface area contributed by atoms with Gasteiger partial charge < -0.3 is 14.2 Å². The van der Waals surface area contributed by atoms with E-state index in [4.69, 9.17) is 9.47 Å². The van der Waals surface area contributed by atoms with Gasteiger partial charge in [0.2, 0.25) is 0 Å². The highest BCUT2D eigenvalue weighted by atomic mass is 16.7. The summed E-state index contributed by atoms with van der Waals surface area (Å²) in [5.41, 5.74) is 0. The van der Waals surface area contributed by atoms with E-state index < -0.39 is 0 Å². The highest BCUT2D eigenvalue weighted by Gasteiger charge is 2.04. The van der Waals surface area contributed by atoms with Crippen LogP contribution in [-0.4, -0.2) is 33.6 Å². The minimum atomic E-state index is -0.123. The molecule has 90 valence electrons. The van der Waals surface area contributed by atoms with Gasteiger partial charge in [0.05, 0.1) is 7.11 Å². The molecule has 0 spiro atoms. The van der Waals surface area contributed by atoms with Gasteiger partial charge in [0.1, 0.15) is 0 Å². The van der Waals surface area contributed by atoms with Crippen LogP contribution in [-0.2, 0) is 19.0 Å². The molecule has 0 saturated carbocycles. The zero-order valence-electron chi connectivity index (χ0n) is 9.95. The Morgan fingerprint density at radius 3 is 2.13 bits per heavy atom. The molecule has 0 bridgehead atoms. The Kier molecular flexibility index (Phi) is 9.52. The van der Waals surface area contributed by atoms with Crippen molar-refractivity contribution >= 4 is 5.97 Å². The maximum atomic E-state index is 10.8. The largest absolute Gasteiger partial charge is 0.469 e. The number of carbonyl (C=O) groups excluding carboxylic acids is 1. The van der Waals surface area contributed by atoms with Gasteiger partial charge in [0, 0.05) is 20.6 Å². The summed E-state index contributed by atoms with van der Waals surface area (Å²) in [6, 6.07) is 0. The summed E-state index contributed by atoms with van der Waals surface area (Å²) in [5.74, 6) is -0.123. The van der Waals surface area contributed by atoms with Crippen molar-refractivity contribution in [1.82, 2.24) is 0 Å². The van der Waals surface area contributed by atoms with E-state index in [0.717, 1.165) is 32.1 Å². The van der Waals surface area contributed by atoms with Crippen molar-refractivity contribution in [1.29, 1.82) is 0 Å². The van der Waals surface area contributed by atoms with Gasteiger partial charge in [-0.25, -0.2) is 0 Å². The van der Waals surface area contributed by atoms with Crippen molar-refractivity contribution in [3.8, 4) is 0 Å². The van der Waals surface area contributed by atoms with Crippen LogP contribution >= 0.6 is 0 Å². The Labute approximate surface area is 91.9 Å². The van der Waals surface area contributed by atoms with Crippen LogP contribution in [0.1, 0.15) is 38.5 Å². The van der Waals surface area contributed by atoms with Gasteiger partial charge in [-0.15, -0.1) is 0 Å². The predicted octanol–water partition coefficient (Wildman–Crippen LogP) is 2.12. The average molecular weight is 218 g/mol. The average Bonchev–Trinajstić information content (AvgIpc) is 2.28. The van der Waals surface area contributed by atoms with Crippen molar-refractivity contribution in [2.75, 3.05) is 21.3 Å². The highest BCUT2D eigenvalue weighted by Crippen LogP contribution is 2.09. The molecule has 0 aromatic carbocycles. The van der Waals surface area contributed by atoms with Gasteiger partial charge in [-0.1, -0.05) is 12.8 Å². The third-order valence-corrected chi connectivity index (χ3v) is 2.32. The fraction of sp³-hybridized carbons (Fsp3) is 0.909. The van der Waals surface area contributed by atoms with Crippen LogP contribution in [0.3, 0.4) is 0 Å². The smallest absolute Gasteiger partial charge is 0.305 e. The number of carbonyl (C=O) groups is 1. The Morgan fingerprint density at radius 2 is 1.60 bits per heavy atom. The quantitative estimate of drug-likeness (QED) is 0.338. The second-order valence-corrected chi connectivity index (χ2v) is 3.43. The lowest BCUT2D eigenvalue weighted by atomic mass is 10.1. The summed E-state index contributed by atoms with van der Waals surface area (Å²) < 4.78 is 14.7. The van der Waals surface area contributed by atoms with E-state index in [1.807, 2.05) is 0 Å². The minimum Gasteiger partial charge on any atom is -0.469 e. The Hall–Kier alpha value is -0.610. The summed E-state index contributed by atoms with van der Waals surface area (Å²) in [7, 11) is 4.71. The van der Waals surface area contributed by atoms with Crippen molar-refractivity contribution in [2.24, 2.45) is 0 Å².